The fourth-order valence-electron chi connectivity index (χ4n) is 5.31. The van der Waals surface area contributed by atoms with Crippen molar-refractivity contribution in [3.05, 3.63) is 36.4 Å². The molecule has 1 amide bonds. The Labute approximate surface area is 247 Å². The van der Waals surface area contributed by atoms with Crippen LogP contribution in [0.25, 0.3) is 22.2 Å². The number of benzene rings is 1. The van der Waals surface area contributed by atoms with Crippen LogP contribution in [-0.2, 0) is 34.7 Å². The van der Waals surface area contributed by atoms with Crippen molar-refractivity contribution >= 4 is 60.3 Å². The average Bonchev–Trinajstić information content (AvgIpc) is 3.68. The van der Waals surface area contributed by atoms with Gasteiger partial charge in [0, 0.05) is 5.92 Å². The third kappa shape index (κ3) is 6.19. The van der Waals surface area contributed by atoms with Crippen LogP contribution in [0.15, 0.2) is 30.9 Å². The summed E-state index contributed by atoms with van der Waals surface area (Å²) in [5.41, 5.74) is 13.2. The van der Waals surface area contributed by atoms with Gasteiger partial charge in [-0.1, -0.05) is 11.3 Å². The van der Waals surface area contributed by atoms with E-state index in [9.17, 15) is 24.0 Å². The summed E-state index contributed by atoms with van der Waals surface area (Å²) in [4.78, 5) is 53.7. The number of ether oxygens (including phenoxy) is 1. The summed E-state index contributed by atoms with van der Waals surface area (Å²) in [6.45, 7) is -4.36. The van der Waals surface area contributed by atoms with E-state index in [4.69, 9.17) is 41.6 Å². The summed E-state index contributed by atoms with van der Waals surface area (Å²) in [5.74, 6) is -1.00. The zero-order valence-corrected chi connectivity index (χ0v) is 24.8. The molecule has 0 spiro atoms. The number of imidazole rings is 1. The summed E-state index contributed by atoms with van der Waals surface area (Å²) in [7, 11) is -4.78. The number of nitrogens with two attached hydrogens (primary N) is 2. The molecule has 7 N–H and O–H groups in total. The van der Waals surface area contributed by atoms with Gasteiger partial charge >= 0.3 is 14.5 Å². The predicted molar refractivity (Wildman–Crippen MR) is 151 cm³/mol. The molecule has 4 heterocycles. The van der Waals surface area contributed by atoms with Gasteiger partial charge in [0.05, 0.1) is 48.9 Å². The summed E-state index contributed by atoms with van der Waals surface area (Å²) in [6.07, 6.45) is 2.65. The fourth-order valence-corrected chi connectivity index (χ4v) is 7.21. The van der Waals surface area contributed by atoms with E-state index in [-0.39, 0.29) is 30.1 Å². The summed E-state index contributed by atoms with van der Waals surface area (Å²) in [6, 6.07) is 4.24. The number of nitrogen functional groups attached to an aromatic ring is 1. The number of primary amides is 1. The average molecular weight is 656 g/mol. The predicted octanol–water partition coefficient (Wildman–Crippen LogP) is 0.919. The van der Waals surface area contributed by atoms with Crippen LogP contribution in [0, 0.1) is 5.92 Å². The smallest absolute Gasteiger partial charge is 0.382 e. The van der Waals surface area contributed by atoms with E-state index in [0.717, 1.165) is 0 Å². The molecular formula is C22H27N9O9P2S. The first kappa shape index (κ1) is 30.1. The van der Waals surface area contributed by atoms with Gasteiger partial charge in [-0.2, -0.15) is 0 Å². The summed E-state index contributed by atoms with van der Waals surface area (Å²) >= 11 is 5.30. The molecule has 230 valence electrons. The molecule has 18 nitrogen and oxygen atoms in total. The quantitative estimate of drug-likeness (QED) is 0.141. The lowest BCUT2D eigenvalue weighted by molar-refractivity contribution is -0.0577. The lowest BCUT2D eigenvalue weighted by atomic mass is 9.77. The Morgan fingerprint density at radius 2 is 1.95 bits per heavy atom. The van der Waals surface area contributed by atoms with Gasteiger partial charge in [0.15, 0.2) is 11.5 Å². The Balaban J connectivity index is 1.14. The highest BCUT2D eigenvalue weighted by molar-refractivity contribution is 8.07. The van der Waals surface area contributed by atoms with E-state index in [0.29, 0.717) is 35.9 Å². The second-order valence-corrected chi connectivity index (χ2v) is 14.2. The second-order valence-electron chi connectivity index (χ2n) is 10.1. The highest BCUT2D eigenvalue weighted by Gasteiger charge is 2.48. The number of hydrogen-bond acceptors (Lipinski definition) is 13. The lowest BCUT2D eigenvalue weighted by Crippen LogP contribution is -2.47. The van der Waals surface area contributed by atoms with Crippen molar-refractivity contribution < 1.29 is 42.3 Å². The number of anilines is 1. The highest BCUT2D eigenvalue weighted by atomic mass is 32.5. The SMILES string of the molecule is NC(=O)c1cccc2c1nnn2[C@@H]1C[C@H](COP(=O)(O)O)C1OP(O)(=S)OC[C@@H]1CC[C@H](n2cnc3c(N)ncnc32)O1. The van der Waals surface area contributed by atoms with Crippen molar-refractivity contribution in [1.82, 2.24) is 34.5 Å². The van der Waals surface area contributed by atoms with Crippen LogP contribution < -0.4 is 11.5 Å². The maximum Gasteiger partial charge on any atom is 0.469 e. The van der Waals surface area contributed by atoms with Gasteiger partial charge in [0.2, 0.25) is 0 Å². The Morgan fingerprint density at radius 3 is 2.72 bits per heavy atom. The zero-order chi connectivity index (χ0) is 30.5. The van der Waals surface area contributed by atoms with Gasteiger partial charge in [-0.15, -0.1) is 5.10 Å². The van der Waals surface area contributed by atoms with Crippen molar-refractivity contribution in [3.63, 3.8) is 0 Å². The van der Waals surface area contributed by atoms with Crippen molar-refractivity contribution in [2.45, 2.75) is 43.7 Å². The number of hydrogen-bond donors (Lipinski definition) is 5. The van der Waals surface area contributed by atoms with E-state index in [1.54, 1.807) is 23.0 Å². The number of phosphoric ester groups is 1. The largest absolute Gasteiger partial charge is 0.469 e. The minimum atomic E-state index is -4.78. The van der Waals surface area contributed by atoms with Gasteiger partial charge in [-0.25, -0.2) is 24.2 Å². The standard InChI is InChI=1S/C22H27N9O9P2S/c23-20-18-22(26-9-25-20)30(10-27-18)16-5-4-12(39-16)8-38-42(36,43)40-19-11(7-37-41(33,34)35)6-15(19)31-14-3-1-2-13(21(24)32)17(14)28-29-31/h1-3,9-12,15-16,19H,4-8H2,(H2,24,32)(H,36,43)(H2,23,25,26)(H2,33,34,35)/t11-,12+,15-,16-,19?,42?/m1/s1. The number of aromatic nitrogens is 7. The zero-order valence-electron chi connectivity index (χ0n) is 22.2. The first-order chi connectivity index (χ1) is 20.4. The van der Waals surface area contributed by atoms with Gasteiger partial charge in [0.25, 0.3) is 5.91 Å². The molecule has 0 radical (unpaired) electrons. The molecule has 3 aromatic heterocycles. The van der Waals surface area contributed by atoms with Crippen LogP contribution in [0.3, 0.4) is 0 Å². The Kier molecular flexibility index (Phi) is 8.06. The summed E-state index contributed by atoms with van der Waals surface area (Å²) in [5, 5.41) is 8.23. The molecule has 1 saturated heterocycles. The molecule has 0 bridgehead atoms. The topological polar surface area (TPSA) is 258 Å². The molecule has 1 aliphatic heterocycles. The van der Waals surface area contributed by atoms with Gasteiger partial charge < -0.3 is 39.9 Å². The number of phosphoric acid groups is 1. The molecule has 21 heteroatoms. The molecule has 6 rings (SSSR count). The van der Waals surface area contributed by atoms with Crippen LogP contribution in [0.4, 0.5) is 5.82 Å². The summed E-state index contributed by atoms with van der Waals surface area (Å²) < 4.78 is 36.9. The molecule has 1 aliphatic carbocycles. The molecule has 2 unspecified atom stereocenters. The minimum Gasteiger partial charge on any atom is -0.382 e. The molecule has 4 aromatic rings. The van der Waals surface area contributed by atoms with E-state index >= 15 is 0 Å². The molecule has 6 atom stereocenters. The molecule has 2 fully saturated rings. The van der Waals surface area contributed by atoms with E-state index in [1.807, 2.05) is 0 Å². The number of rotatable bonds is 11. The first-order valence-corrected chi connectivity index (χ1v) is 17.1. The van der Waals surface area contributed by atoms with Gasteiger partial charge in [-0.3, -0.25) is 13.9 Å². The maximum absolute atomic E-state index is 11.8. The second kappa shape index (κ2) is 11.5. The Bertz CT molecular complexity index is 1780. The van der Waals surface area contributed by atoms with Gasteiger partial charge in [0.1, 0.15) is 23.6 Å². The number of fused-ring (bicyclic) bond motifs is 2. The maximum atomic E-state index is 11.8. The molecule has 1 saturated carbocycles. The van der Waals surface area contributed by atoms with Crippen LogP contribution in [0.5, 0.6) is 0 Å². The third-order valence-corrected chi connectivity index (χ3v) is 9.43. The van der Waals surface area contributed by atoms with E-state index in [1.165, 1.54) is 17.1 Å². The number of carbonyl (C=O) groups is 1. The number of carbonyl (C=O) groups excluding carboxylic acids is 1. The molecule has 2 aliphatic rings. The van der Waals surface area contributed by atoms with Crippen LogP contribution >= 0.6 is 14.5 Å². The monoisotopic (exact) mass is 655 g/mol. The molecule has 1 aromatic carbocycles. The third-order valence-electron chi connectivity index (χ3n) is 7.39. The molecular weight excluding hydrogens is 628 g/mol. The van der Waals surface area contributed by atoms with Crippen molar-refractivity contribution in [1.29, 1.82) is 0 Å². The highest BCUT2D eigenvalue weighted by Crippen LogP contribution is 2.54. The Hall–Kier alpha value is -2.96. The van der Waals surface area contributed by atoms with E-state index in [2.05, 4.69) is 25.3 Å². The fraction of sp³-hybridized carbons (Fsp3) is 0.455. The van der Waals surface area contributed by atoms with Crippen molar-refractivity contribution in [2.24, 2.45) is 11.7 Å². The van der Waals surface area contributed by atoms with Crippen LogP contribution in [0.1, 0.15) is 41.9 Å². The van der Waals surface area contributed by atoms with Crippen molar-refractivity contribution in [2.75, 3.05) is 18.9 Å². The Morgan fingerprint density at radius 1 is 1.14 bits per heavy atom. The van der Waals surface area contributed by atoms with E-state index < -0.39 is 50.8 Å². The number of nitrogens with zero attached hydrogens (tertiary/aromatic N) is 7. The van der Waals surface area contributed by atoms with Crippen LogP contribution in [-0.4, -0.2) is 80.5 Å². The minimum absolute atomic E-state index is 0.0801. The first-order valence-electron chi connectivity index (χ1n) is 13.0. The lowest BCUT2D eigenvalue weighted by Gasteiger charge is -2.44. The molecule has 43 heavy (non-hydrogen) atoms. The van der Waals surface area contributed by atoms with Gasteiger partial charge in [-0.05, 0) is 43.2 Å². The number of amides is 1. The van der Waals surface area contributed by atoms with Crippen LogP contribution in [0.2, 0.25) is 0 Å². The van der Waals surface area contributed by atoms with Crippen molar-refractivity contribution in [3.8, 4) is 0 Å². The normalized spacial score (nSPS) is 25.6.